The van der Waals surface area contributed by atoms with E-state index in [0.29, 0.717) is 13.1 Å². The number of aromatic nitrogens is 2. The van der Waals surface area contributed by atoms with Crippen molar-refractivity contribution in [3.63, 3.8) is 0 Å². The molecule has 0 aliphatic carbocycles. The van der Waals surface area contributed by atoms with Crippen molar-refractivity contribution in [2.75, 3.05) is 18.4 Å². The van der Waals surface area contributed by atoms with Crippen LogP contribution >= 0.6 is 12.4 Å². The molecule has 6 nitrogen and oxygen atoms in total. The predicted octanol–water partition coefficient (Wildman–Crippen LogP) is 3.40. The summed E-state index contributed by atoms with van der Waals surface area (Å²) in [5.74, 6) is -0.820. The van der Waals surface area contributed by atoms with Crippen LogP contribution in [0.2, 0.25) is 0 Å². The number of rotatable bonds is 8. The van der Waals surface area contributed by atoms with Gasteiger partial charge in [0.25, 0.3) is 0 Å². The lowest BCUT2D eigenvalue weighted by molar-refractivity contribution is -0.136. The van der Waals surface area contributed by atoms with Crippen LogP contribution in [0.25, 0.3) is 11.5 Å². The molecule has 25 heavy (non-hydrogen) atoms. The van der Waals surface area contributed by atoms with E-state index < -0.39 is 17.5 Å². The number of hydrogen-bond donors (Lipinski definition) is 3. The molecule has 0 saturated carbocycles. The van der Waals surface area contributed by atoms with E-state index in [1.165, 1.54) is 12.1 Å². The maximum Gasteiger partial charge on any atom is 0.434 e. The first-order chi connectivity index (χ1) is 11.4. The molecule has 4 N–H and O–H groups in total. The number of nitrogens with zero attached hydrogens (tertiary/aromatic N) is 1. The molecule has 0 amide bonds. The van der Waals surface area contributed by atoms with Crippen LogP contribution in [-0.4, -0.2) is 23.3 Å². The minimum absolute atomic E-state index is 0. The highest BCUT2D eigenvalue weighted by molar-refractivity contribution is 5.85. The third-order valence-electron chi connectivity index (χ3n) is 3.46. The quantitative estimate of drug-likeness (QED) is 0.610. The summed E-state index contributed by atoms with van der Waals surface area (Å²) >= 11 is 0. The SMILES string of the molecule is Cl.NCCCCCCNc1cc(-c2n[nH]c(=O)o2)ccc1C(F)(F)F. The summed E-state index contributed by atoms with van der Waals surface area (Å²) < 4.78 is 44.1. The monoisotopic (exact) mass is 380 g/mol. The highest BCUT2D eigenvalue weighted by atomic mass is 35.5. The van der Waals surface area contributed by atoms with Gasteiger partial charge in [0.05, 0.1) is 5.56 Å². The minimum atomic E-state index is -4.48. The van der Waals surface area contributed by atoms with Crippen molar-refractivity contribution in [3.05, 3.63) is 34.3 Å². The zero-order chi connectivity index (χ0) is 17.6. The molecular formula is C15H20ClF3N4O2. The van der Waals surface area contributed by atoms with Gasteiger partial charge in [-0.2, -0.15) is 13.2 Å². The first-order valence-electron chi connectivity index (χ1n) is 7.63. The van der Waals surface area contributed by atoms with Crippen molar-refractivity contribution in [1.82, 2.24) is 10.2 Å². The normalized spacial score (nSPS) is 11.2. The molecule has 0 saturated heterocycles. The van der Waals surface area contributed by atoms with Crippen molar-refractivity contribution >= 4 is 18.1 Å². The number of nitrogens with one attached hydrogen (secondary N) is 2. The molecule has 140 valence electrons. The van der Waals surface area contributed by atoms with E-state index in [-0.39, 0.29) is 29.5 Å². The van der Waals surface area contributed by atoms with Crippen LogP contribution in [0.5, 0.6) is 0 Å². The van der Waals surface area contributed by atoms with Gasteiger partial charge in [-0.25, -0.2) is 9.89 Å². The third-order valence-corrected chi connectivity index (χ3v) is 3.46. The maximum absolute atomic E-state index is 13.1. The molecule has 1 aromatic carbocycles. The van der Waals surface area contributed by atoms with Crippen LogP contribution < -0.4 is 16.8 Å². The third kappa shape index (κ3) is 6.09. The molecule has 0 aliphatic rings. The summed E-state index contributed by atoms with van der Waals surface area (Å²) in [5.41, 5.74) is 4.84. The number of hydrogen-bond acceptors (Lipinski definition) is 5. The lowest BCUT2D eigenvalue weighted by Gasteiger charge is -2.15. The highest BCUT2D eigenvalue weighted by Gasteiger charge is 2.33. The van der Waals surface area contributed by atoms with Crippen molar-refractivity contribution in [3.8, 4) is 11.5 Å². The molecule has 0 bridgehead atoms. The fraction of sp³-hybridized carbons (Fsp3) is 0.467. The summed E-state index contributed by atoms with van der Waals surface area (Å²) in [6.45, 7) is 1.02. The van der Waals surface area contributed by atoms with Crippen LogP contribution in [-0.2, 0) is 6.18 Å². The Kier molecular flexibility index (Phi) is 7.98. The number of anilines is 1. The number of benzene rings is 1. The van der Waals surface area contributed by atoms with E-state index in [2.05, 4.69) is 15.5 Å². The average Bonchev–Trinajstić information content (AvgIpc) is 2.96. The van der Waals surface area contributed by atoms with Gasteiger partial charge >= 0.3 is 11.9 Å². The smallest absolute Gasteiger partial charge is 0.388 e. The Balaban J connectivity index is 0.00000312. The molecule has 2 aromatic rings. The number of nitrogens with two attached hydrogens (primary N) is 1. The standard InChI is InChI=1S/C15H19F3N4O2.ClH/c16-15(17,18)11-6-5-10(13-21-22-14(23)24-13)9-12(11)20-8-4-2-1-3-7-19;/h5-6,9,20H,1-4,7-8,19H2,(H,22,23);1H. The Morgan fingerprint density at radius 3 is 2.52 bits per heavy atom. The topological polar surface area (TPSA) is 96.9 Å². The second-order valence-electron chi connectivity index (χ2n) is 5.31. The Morgan fingerprint density at radius 1 is 1.20 bits per heavy atom. The van der Waals surface area contributed by atoms with Crippen molar-refractivity contribution in [2.45, 2.75) is 31.9 Å². The van der Waals surface area contributed by atoms with Gasteiger partial charge in [-0.1, -0.05) is 12.8 Å². The van der Waals surface area contributed by atoms with Crippen LogP contribution in [0.3, 0.4) is 0 Å². The Bertz CT molecular complexity index is 715. The minimum Gasteiger partial charge on any atom is -0.388 e. The maximum atomic E-state index is 13.1. The molecule has 0 spiro atoms. The number of unbranched alkanes of at least 4 members (excludes halogenated alkanes) is 3. The molecule has 1 aromatic heterocycles. The van der Waals surface area contributed by atoms with Gasteiger partial charge in [0, 0.05) is 17.8 Å². The fourth-order valence-corrected chi connectivity index (χ4v) is 2.27. The van der Waals surface area contributed by atoms with Crippen LogP contribution in [0.15, 0.2) is 27.4 Å². The molecule has 0 radical (unpaired) electrons. The van der Waals surface area contributed by atoms with Gasteiger partial charge in [0.2, 0.25) is 5.89 Å². The summed E-state index contributed by atoms with van der Waals surface area (Å²) in [7, 11) is 0. The number of alkyl halides is 3. The zero-order valence-corrected chi connectivity index (χ0v) is 14.2. The number of aromatic amines is 1. The van der Waals surface area contributed by atoms with E-state index in [1.807, 2.05) is 0 Å². The largest absolute Gasteiger partial charge is 0.434 e. The zero-order valence-electron chi connectivity index (χ0n) is 13.4. The van der Waals surface area contributed by atoms with E-state index in [9.17, 15) is 18.0 Å². The summed E-state index contributed by atoms with van der Waals surface area (Å²) in [5, 5.41) is 8.51. The van der Waals surface area contributed by atoms with Crippen molar-refractivity contribution < 1.29 is 17.6 Å². The first-order valence-corrected chi connectivity index (χ1v) is 7.63. The summed E-state index contributed by atoms with van der Waals surface area (Å²) in [6, 6.07) is 3.44. The Hall–Kier alpha value is -2.00. The molecular weight excluding hydrogens is 361 g/mol. The van der Waals surface area contributed by atoms with E-state index in [4.69, 9.17) is 10.2 Å². The van der Waals surface area contributed by atoms with Gasteiger partial charge < -0.3 is 15.5 Å². The van der Waals surface area contributed by atoms with Gasteiger partial charge in [-0.15, -0.1) is 17.5 Å². The second kappa shape index (κ2) is 9.47. The van der Waals surface area contributed by atoms with Gasteiger partial charge in [-0.3, -0.25) is 0 Å². The lowest BCUT2D eigenvalue weighted by Crippen LogP contribution is -2.12. The molecule has 10 heteroatoms. The van der Waals surface area contributed by atoms with Gasteiger partial charge in [0.15, 0.2) is 0 Å². The van der Waals surface area contributed by atoms with Gasteiger partial charge in [0.1, 0.15) is 0 Å². The highest BCUT2D eigenvalue weighted by Crippen LogP contribution is 2.36. The molecule has 0 aliphatic heterocycles. The number of halogens is 4. The van der Waals surface area contributed by atoms with E-state index in [1.54, 1.807) is 0 Å². The molecule has 0 unspecified atom stereocenters. The van der Waals surface area contributed by atoms with Crippen molar-refractivity contribution in [1.29, 1.82) is 0 Å². The van der Waals surface area contributed by atoms with Gasteiger partial charge in [-0.05, 0) is 37.6 Å². The average molecular weight is 381 g/mol. The van der Waals surface area contributed by atoms with Crippen LogP contribution in [0, 0.1) is 0 Å². The molecule has 0 fully saturated rings. The van der Waals surface area contributed by atoms with E-state index >= 15 is 0 Å². The van der Waals surface area contributed by atoms with Crippen LogP contribution in [0.1, 0.15) is 31.2 Å². The van der Waals surface area contributed by atoms with Crippen molar-refractivity contribution in [2.24, 2.45) is 5.73 Å². The van der Waals surface area contributed by atoms with E-state index in [0.717, 1.165) is 31.7 Å². The molecule has 2 rings (SSSR count). The van der Waals surface area contributed by atoms with Crippen LogP contribution in [0.4, 0.5) is 18.9 Å². The first kappa shape index (κ1) is 21.0. The fourth-order valence-electron chi connectivity index (χ4n) is 2.27. The summed E-state index contributed by atoms with van der Waals surface area (Å²) in [4.78, 5) is 11.0. The lowest BCUT2D eigenvalue weighted by atomic mass is 10.1. The number of H-pyrrole nitrogens is 1. The summed E-state index contributed by atoms with van der Waals surface area (Å²) in [6.07, 6.45) is -1.00. The Morgan fingerprint density at radius 2 is 1.92 bits per heavy atom. The second-order valence-corrected chi connectivity index (χ2v) is 5.31. The predicted molar refractivity (Wildman–Crippen MR) is 90.8 cm³/mol. The molecule has 1 heterocycles. The Labute approximate surface area is 148 Å². The molecule has 0 atom stereocenters.